The van der Waals surface area contributed by atoms with Crippen LogP contribution in [0.5, 0.6) is 0 Å². The minimum Gasteiger partial charge on any atom is -0.462 e. The van der Waals surface area contributed by atoms with E-state index in [1.165, 1.54) is 24.4 Å². The molecule has 3 atom stereocenters. The number of alkyl halides is 2. The number of aromatic nitrogens is 1. The van der Waals surface area contributed by atoms with Gasteiger partial charge in [-0.3, -0.25) is 9.78 Å². The summed E-state index contributed by atoms with van der Waals surface area (Å²) in [6, 6.07) is 6.29. The molecule has 6 nitrogen and oxygen atoms in total. The predicted octanol–water partition coefficient (Wildman–Crippen LogP) is 3.36. The van der Waals surface area contributed by atoms with Crippen LogP contribution in [0.4, 0.5) is 13.2 Å². The Labute approximate surface area is 174 Å². The molecular weight excluding hydrogens is 421 g/mol. The van der Waals surface area contributed by atoms with Crippen LogP contribution < -0.4 is 5.73 Å². The van der Waals surface area contributed by atoms with Gasteiger partial charge in [0.15, 0.2) is 11.3 Å². The van der Waals surface area contributed by atoms with Gasteiger partial charge in [-0.1, -0.05) is 17.7 Å². The van der Waals surface area contributed by atoms with Crippen molar-refractivity contribution in [3.05, 3.63) is 63.7 Å². The van der Waals surface area contributed by atoms with E-state index in [0.29, 0.717) is 0 Å². The van der Waals surface area contributed by atoms with Gasteiger partial charge in [0.25, 0.3) is 12.4 Å². The number of fused-ring (bicyclic) bond motifs is 1. The van der Waals surface area contributed by atoms with Crippen LogP contribution in [-0.4, -0.2) is 29.3 Å². The first-order valence-electron chi connectivity index (χ1n) is 8.94. The molecular formula is C20H14ClF3N4O2. The van der Waals surface area contributed by atoms with Crippen molar-refractivity contribution < 1.29 is 22.7 Å². The molecule has 0 radical (unpaired) electrons. The molecule has 0 saturated heterocycles. The van der Waals surface area contributed by atoms with Crippen LogP contribution in [0.2, 0.25) is 5.02 Å². The van der Waals surface area contributed by atoms with E-state index in [4.69, 9.17) is 27.3 Å². The fraction of sp³-hybridized carbons (Fsp3) is 0.300. The van der Waals surface area contributed by atoms with Gasteiger partial charge in [0.05, 0.1) is 10.6 Å². The van der Waals surface area contributed by atoms with Gasteiger partial charge in [-0.05, 0) is 30.2 Å². The van der Waals surface area contributed by atoms with Crippen molar-refractivity contribution in [2.45, 2.75) is 30.9 Å². The molecule has 154 valence electrons. The molecule has 1 aromatic carbocycles. The van der Waals surface area contributed by atoms with Crippen molar-refractivity contribution in [2.24, 2.45) is 16.6 Å². The molecule has 2 N–H and O–H groups in total. The number of pyridine rings is 1. The number of aliphatic imine (C=N–C) groups is 1. The number of halogens is 4. The molecule has 2 aromatic rings. The highest BCUT2D eigenvalue weighted by atomic mass is 35.5. The van der Waals surface area contributed by atoms with Crippen LogP contribution in [-0.2, 0) is 16.7 Å². The molecule has 2 aliphatic rings. The Morgan fingerprint density at radius 2 is 2.20 bits per heavy atom. The van der Waals surface area contributed by atoms with Crippen LogP contribution in [0.1, 0.15) is 33.6 Å². The Kier molecular flexibility index (Phi) is 4.90. The smallest absolute Gasteiger partial charge is 0.283 e. The van der Waals surface area contributed by atoms with Crippen molar-refractivity contribution in [1.29, 1.82) is 5.26 Å². The predicted molar refractivity (Wildman–Crippen MR) is 101 cm³/mol. The van der Waals surface area contributed by atoms with Gasteiger partial charge in [0.1, 0.15) is 23.7 Å². The quantitative estimate of drug-likeness (QED) is 0.727. The number of nitrogens with two attached hydrogens (primary N) is 1. The molecule has 1 saturated carbocycles. The van der Waals surface area contributed by atoms with Crippen molar-refractivity contribution in [3.63, 3.8) is 0 Å². The summed E-state index contributed by atoms with van der Waals surface area (Å²) in [5.41, 5.74) is 3.47. The molecule has 4 rings (SSSR count). The molecule has 1 fully saturated rings. The second-order valence-electron chi connectivity index (χ2n) is 7.15. The van der Waals surface area contributed by atoms with E-state index in [9.17, 15) is 18.0 Å². The standard InChI is InChI=1S/C20H14ClF3N4O2/c21-13-4-10(7-25)8-27-17(13)15(29)5-9-1-2-14(22)11(3-9)20(18(23)24)12-6-16(12)30-19(26)28-20/h1-4,8,12,16,18H,5-6H2,(H2,26,28)/t12-,16+,20+/m1/s1. The van der Waals surface area contributed by atoms with E-state index in [1.54, 1.807) is 0 Å². The number of nitrogens with zero attached hydrogens (tertiary/aromatic N) is 3. The minimum atomic E-state index is -3.02. The summed E-state index contributed by atoms with van der Waals surface area (Å²) < 4.78 is 48.2. The zero-order valence-electron chi connectivity index (χ0n) is 15.3. The Morgan fingerprint density at radius 3 is 2.87 bits per heavy atom. The fourth-order valence-electron chi connectivity index (χ4n) is 3.76. The summed E-state index contributed by atoms with van der Waals surface area (Å²) in [7, 11) is 0. The third-order valence-electron chi connectivity index (χ3n) is 5.26. The van der Waals surface area contributed by atoms with Crippen molar-refractivity contribution >= 4 is 23.4 Å². The van der Waals surface area contributed by atoms with Crippen molar-refractivity contribution in [3.8, 4) is 6.07 Å². The Balaban J connectivity index is 1.70. The molecule has 10 heteroatoms. The normalized spacial score (nSPS) is 24.5. The Bertz CT molecular complexity index is 1120. The van der Waals surface area contributed by atoms with Gasteiger partial charge < -0.3 is 10.5 Å². The van der Waals surface area contributed by atoms with Crippen LogP contribution in [0.3, 0.4) is 0 Å². The molecule has 0 amide bonds. The minimum absolute atomic E-state index is 0.00643. The van der Waals surface area contributed by atoms with Gasteiger partial charge in [0.2, 0.25) is 0 Å². The van der Waals surface area contributed by atoms with Crippen LogP contribution in [0.15, 0.2) is 35.5 Å². The molecule has 1 aliphatic heterocycles. The third-order valence-corrected chi connectivity index (χ3v) is 5.55. The summed E-state index contributed by atoms with van der Waals surface area (Å²) in [6.07, 6.45) is -2.34. The average molecular weight is 435 g/mol. The van der Waals surface area contributed by atoms with Crippen LogP contribution in [0.25, 0.3) is 0 Å². The number of carbonyl (C=O) groups is 1. The molecule has 1 aliphatic carbocycles. The van der Waals surface area contributed by atoms with Gasteiger partial charge in [0, 0.05) is 24.1 Å². The molecule has 0 spiro atoms. The van der Waals surface area contributed by atoms with E-state index in [2.05, 4.69) is 9.98 Å². The first-order valence-corrected chi connectivity index (χ1v) is 9.32. The van der Waals surface area contributed by atoms with E-state index in [0.717, 1.165) is 6.07 Å². The van der Waals surface area contributed by atoms with Crippen LogP contribution in [0, 0.1) is 23.1 Å². The lowest BCUT2D eigenvalue weighted by Crippen LogP contribution is -2.43. The lowest BCUT2D eigenvalue weighted by Gasteiger charge is -2.33. The summed E-state index contributed by atoms with van der Waals surface area (Å²) >= 11 is 6.01. The number of hydrogen-bond donors (Lipinski definition) is 1. The number of hydrogen-bond acceptors (Lipinski definition) is 6. The summed E-state index contributed by atoms with van der Waals surface area (Å²) in [5, 5.41) is 8.85. The molecule has 0 bridgehead atoms. The lowest BCUT2D eigenvalue weighted by atomic mass is 9.83. The monoisotopic (exact) mass is 434 g/mol. The van der Waals surface area contributed by atoms with Crippen LogP contribution >= 0.6 is 11.6 Å². The highest BCUT2D eigenvalue weighted by molar-refractivity contribution is 6.33. The molecule has 1 aromatic heterocycles. The van der Waals surface area contributed by atoms with Gasteiger partial charge in [-0.15, -0.1) is 0 Å². The van der Waals surface area contributed by atoms with Crippen molar-refractivity contribution in [2.75, 3.05) is 0 Å². The number of carbonyl (C=O) groups excluding carboxylic acids is 1. The number of amidine groups is 1. The largest absolute Gasteiger partial charge is 0.462 e. The van der Waals surface area contributed by atoms with Gasteiger partial charge >= 0.3 is 0 Å². The maximum Gasteiger partial charge on any atom is 0.283 e. The number of benzene rings is 1. The Hall–Kier alpha value is -3.12. The summed E-state index contributed by atoms with van der Waals surface area (Å²) in [4.78, 5) is 20.3. The molecule has 30 heavy (non-hydrogen) atoms. The number of rotatable bonds is 5. The van der Waals surface area contributed by atoms with E-state index >= 15 is 0 Å². The van der Waals surface area contributed by atoms with Gasteiger partial charge in [-0.25, -0.2) is 18.2 Å². The lowest BCUT2D eigenvalue weighted by molar-refractivity contribution is 0.0176. The van der Waals surface area contributed by atoms with E-state index in [1.807, 2.05) is 6.07 Å². The third kappa shape index (κ3) is 3.27. The number of Topliss-reactive ketones (excluding diaryl/α,β-unsaturated/α-hetero) is 1. The number of ketones is 1. The fourth-order valence-corrected chi connectivity index (χ4v) is 4.03. The first kappa shape index (κ1) is 20.2. The van der Waals surface area contributed by atoms with Gasteiger partial charge in [-0.2, -0.15) is 5.26 Å². The topological polar surface area (TPSA) is 101 Å². The average Bonchev–Trinajstić information content (AvgIpc) is 3.48. The highest BCUT2D eigenvalue weighted by Crippen LogP contribution is 2.56. The Morgan fingerprint density at radius 1 is 1.43 bits per heavy atom. The second-order valence-corrected chi connectivity index (χ2v) is 7.56. The summed E-state index contributed by atoms with van der Waals surface area (Å²) in [6.45, 7) is 0. The second kappa shape index (κ2) is 7.29. The first-order chi connectivity index (χ1) is 14.3. The number of ether oxygens (including phenoxy) is 1. The van der Waals surface area contributed by atoms with E-state index in [-0.39, 0.29) is 40.2 Å². The highest BCUT2D eigenvalue weighted by Gasteiger charge is 2.64. The summed E-state index contributed by atoms with van der Waals surface area (Å²) in [5.74, 6) is -2.09. The zero-order chi connectivity index (χ0) is 21.6. The van der Waals surface area contributed by atoms with Crippen molar-refractivity contribution in [1.82, 2.24) is 4.98 Å². The zero-order valence-corrected chi connectivity index (χ0v) is 16.0. The maximum absolute atomic E-state index is 14.7. The van der Waals surface area contributed by atoms with E-state index < -0.39 is 41.6 Å². The maximum atomic E-state index is 14.7. The molecule has 0 unspecified atom stereocenters. The number of nitriles is 1. The molecule has 2 heterocycles. The SMILES string of the molecule is N#Cc1cnc(C(=O)Cc2ccc(F)c([C@]3(C(F)F)N=C(N)O[C@H]4C[C@H]43)c2)c(Cl)c1.